The third-order valence-corrected chi connectivity index (χ3v) is 4.45. The molecule has 0 aliphatic heterocycles. The van der Waals surface area contributed by atoms with Crippen LogP contribution in [0.25, 0.3) is 24.3 Å². The minimum atomic E-state index is 0.827. The first kappa shape index (κ1) is 12.1. The van der Waals surface area contributed by atoms with Gasteiger partial charge in [-0.3, -0.25) is 0 Å². The highest BCUT2D eigenvalue weighted by atomic mass is 32.9. The number of hydrogen-bond acceptors (Lipinski definition) is 4. The lowest BCUT2D eigenvalue weighted by atomic mass is 10.4. The molecule has 3 aromatic heterocycles. The summed E-state index contributed by atoms with van der Waals surface area (Å²) in [7, 11) is 3.26. The van der Waals surface area contributed by atoms with Gasteiger partial charge in [0.2, 0.25) is 0 Å². The van der Waals surface area contributed by atoms with Crippen molar-refractivity contribution in [3.8, 4) is 0 Å². The molecule has 94 valence electrons. The van der Waals surface area contributed by atoms with Crippen molar-refractivity contribution >= 4 is 45.0 Å². The second-order valence-electron chi connectivity index (χ2n) is 3.65. The Kier molecular flexibility index (Phi) is 3.67. The summed E-state index contributed by atoms with van der Waals surface area (Å²) in [5.41, 5.74) is 0. The Balaban J connectivity index is 1.69. The third kappa shape index (κ3) is 3.27. The summed E-state index contributed by atoms with van der Waals surface area (Å²) in [4.78, 5) is 4.49. The van der Waals surface area contributed by atoms with E-state index in [9.17, 15) is 0 Å². The number of nitrogens with zero attached hydrogens (tertiary/aromatic N) is 1. The van der Waals surface area contributed by atoms with Crippen molar-refractivity contribution < 1.29 is 8.83 Å². The lowest BCUT2D eigenvalue weighted by molar-refractivity contribution is 0.557. The van der Waals surface area contributed by atoms with Crippen LogP contribution in [0.4, 0.5) is 0 Å². The second kappa shape index (κ2) is 5.77. The first-order valence-electron chi connectivity index (χ1n) is 5.63. The molecule has 0 N–H and O–H groups in total. The van der Waals surface area contributed by atoms with Gasteiger partial charge in [-0.15, -0.1) is 0 Å². The third-order valence-electron chi connectivity index (χ3n) is 2.30. The van der Waals surface area contributed by atoms with Gasteiger partial charge in [-0.1, -0.05) is 0 Å². The predicted octanol–water partition coefficient (Wildman–Crippen LogP) is 5.01. The smallest absolute Gasteiger partial charge is 0.341 e. The van der Waals surface area contributed by atoms with Crippen LogP contribution in [0.5, 0.6) is 0 Å². The monoisotopic (exact) mass is 288 g/mol. The Morgan fingerprint density at radius 2 is 1.63 bits per heavy atom. The van der Waals surface area contributed by atoms with Gasteiger partial charge in [0.05, 0.1) is 12.5 Å². The number of aromatic nitrogens is 1. The molecule has 0 aliphatic rings. The van der Waals surface area contributed by atoms with Crippen molar-refractivity contribution in [1.82, 2.24) is 4.98 Å². The van der Waals surface area contributed by atoms with Crippen molar-refractivity contribution in [2.45, 2.75) is 0 Å². The molecule has 0 spiro atoms. The van der Waals surface area contributed by atoms with Gasteiger partial charge in [-0.05, 0) is 42.5 Å². The summed E-state index contributed by atoms with van der Waals surface area (Å²) < 4.78 is 10.5. The van der Waals surface area contributed by atoms with Gasteiger partial charge in [0.25, 0.3) is 0 Å². The molecule has 0 aromatic carbocycles. The topological polar surface area (TPSA) is 39.2 Å². The summed E-state index contributed by atoms with van der Waals surface area (Å²) in [5.74, 6) is 1.65. The van der Waals surface area contributed by atoms with Crippen LogP contribution in [-0.4, -0.2) is 4.98 Å². The molecule has 0 saturated carbocycles. The molecule has 0 aliphatic carbocycles. The van der Waals surface area contributed by atoms with Crippen LogP contribution in [0.2, 0.25) is 0 Å². The molecule has 3 rings (SSSR count). The Hall–Kier alpha value is -1.98. The van der Waals surface area contributed by atoms with E-state index in [4.69, 9.17) is 8.83 Å². The zero-order valence-corrected chi connectivity index (χ0v) is 11.5. The number of furan rings is 2. The largest absolute Gasteiger partial charge is 0.465 e. The van der Waals surface area contributed by atoms with Gasteiger partial charge in [-0.2, -0.15) is 4.98 Å². The fraction of sp³-hybridized carbons (Fsp3) is 0. The number of rotatable bonds is 4. The Labute approximate surface area is 117 Å². The van der Waals surface area contributed by atoms with Crippen LogP contribution in [0, 0.1) is 0 Å². The van der Waals surface area contributed by atoms with Crippen LogP contribution in [0.3, 0.4) is 0 Å². The highest BCUT2D eigenvalue weighted by molar-refractivity contribution is 7.69. The van der Waals surface area contributed by atoms with Crippen molar-refractivity contribution in [2.75, 3.05) is 0 Å². The molecule has 0 bridgehead atoms. The molecule has 3 nitrogen and oxygen atoms in total. The quantitative estimate of drug-likeness (QED) is 0.500. The van der Waals surface area contributed by atoms with E-state index in [1.54, 1.807) is 33.2 Å². The minimum absolute atomic E-state index is 0.827. The highest BCUT2D eigenvalue weighted by Crippen LogP contribution is 2.22. The summed E-state index contributed by atoms with van der Waals surface area (Å²) in [6.07, 6.45) is 11.0. The maximum absolute atomic E-state index is 5.23. The molecule has 19 heavy (non-hydrogen) atoms. The molecule has 3 heterocycles. The molecule has 0 radical (unpaired) electrons. The Bertz CT molecular complexity index is 620. The summed E-state index contributed by atoms with van der Waals surface area (Å²) in [5, 5.41) is 1.92. The zero-order chi connectivity index (χ0) is 12.9. The predicted molar refractivity (Wildman–Crippen MR) is 79.7 cm³/mol. The Morgan fingerprint density at radius 3 is 2.26 bits per heavy atom. The summed E-state index contributed by atoms with van der Waals surface area (Å²) in [6, 6.07) is 7.54. The van der Waals surface area contributed by atoms with E-state index in [1.165, 1.54) is 0 Å². The van der Waals surface area contributed by atoms with Crippen molar-refractivity contribution in [3.63, 3.8) is 0 Å². The molecule has 5 heteroatoms. The molecule has 3 aromatic rings. The van der Waals surface area contributed by atoms with E-state index in [0.29, 0.717) is 0 Å². The molecule has 0 saturated heterocycles. The van der Waals surface area contributed by atoms with Crippen LogP contribution < -0.4 is 0 Å². The minimum Gasteiger partial charge on any atom is -0.465 e. The molecular weight excluding hydrogens is 278 g/mol. The second-order valence-corrected chi connectivity index (χ2v) is 5.82. The maximum atomic E-state index is 5.23. The molecule has 0 fully saturated rings. The van der Waals surface area contributed by atoms with E-state index >= 15 is 0 Å². The average Bonchev–Trinajstić information content (AvgIpc) is 3.16. The van der Waals surface area contributed by atoms with E-state index in [0.717, 1.165) is 21.5 Å². The van der Waals surface area contributed by atoms with E-state index < -0.39 is 0 Å². The SMILES string of the molecule is C(=C\c1nc(/C=C/c2ccco2)[s+]s1)/c1ccco1. The fourth-order valence-electron chi connectivity index (χ4n) is 1.44. The zero-order valence-electron chi connectivity index (χ0n) is 9.85. The van der Waals surface area contributed by atoms with Gasteiger partial charge >= 0.3 is 15.3 Å². The summed E-state index contributed by atoms with van der Waals surface area (Å²) in [6.45, 7) is 0. The maximum Gasteiger partial charge on any atom is 0.341 e. The van der Waals surface area contributed by atoms with E-state index in [1.807, 2.05) is 48.6 Å². The van der Waals surface area contributed by atoms with Crippen LogP contribution in [-0.2, 0) is 0 Å². The first-order valence-corrected chi connectivity index (χ1v) is 7.78. The highest BCUT2D eigenvalue weighted by Gasteiger charge is 2.10. The molecular formula is C14H10NO2S2+. The van der Waals surface area contributed by atoms with Gasteiger partial charge < -0.3 is 8.83 Å². The standard InChI is InChI=1S/C14H10NO2S2/c1-3-11(16-9-1)5-7-13-15-14(19-18-13)8-6-12-4-2-10-17-12/h1-10H/q+1/b7-5+,8-6+. The van der Waals surface area contributed by atoms with Gasteiger partial charge in [0.1, 0.15) is 11.5 Å². The van der Waals surface area contributed by atoms with Crippen LogP contribution in [0.15, 0.2) is 45.6 Å². The summed E-state index contributed by atoms with van der Waals surface area (Å²) >= 11 is 0. The van der Waals surface area contributed by atoms with E-state index in [2.05, 4.69) is 4.98 Å². The van der Waals surface area contributed by atoms with Crippen LogP contribution in [0.1, 0.15) is 21.5 Å². The van der Waals surface area contributed by atoms with Crippen molar-refractivity contribution in [3.05, 3.63) is 58.3 Å². The molecule has 0 unspecified atom stereocenters. The van der Waals surface area contributed by atoms with Crippen LogP contribution >= 0.6 is 20.7 Å². The van der Waals surface area contributed by atoms with Crippen molar-refractivity contribution in [1.29, 1.82) is 0 Å². The van der Waals surface area contributed by atoms with Crippen molar-refractivity contribution in [2.24, 2.45) is 0 Å². The lowest BCUT2D eigenvalue weighted by Gasteiger charge is -1.80. The first-order chi connectivity index (χ1) is 9.40. The molecule has 0 atom stereocenters. The van der Waals surface area contributed by atoms with E-state index in [-0.39, 0.29) is 0 Å². The average molecular weight is 288 g/mol. The lowest BCUT2D eigenvalue weighted by Crippen LogP contribution is -1.71. The number of hydrogen-bond donors (Lipinski definition) is 0. The normalized spacial score (nSPS) is 11.8. The van der Waals surface area contributed by atoms with Gasteiger partial charge in [0.15, 0.2) is 15.3 Å². The Morgan fingerprint density at radius 1 is 0.947 bits per heavy atom. The molecule has 0 amide bonds. The van der Waals surface area contributed by atoms with Gasteiger partial charge in [0, 0.05) is 6.08 Å². The van der Waals surface area contributed by atoms with Gasteiger partial charge in [-0.25, -0.2) is 0 Å². The fourth-order valence-corrected chi connectivity index (χ4v) is 3.26.